The van der Waals surface area contributed by atoms with Gasteiger partial charge >= 0.3 is 5.71 Å². The maximum atomic E-state index is 9.19. The van der Waals surface area contributed by atoms with E-state index in [0.29, 0.717) is 5.71 Å². The van der Waals surface area contributed by atoms with Crippen molar-refractivity contribution in [2.75, 3.05) is 19.0 Å². The highest BCUT2D eigenvalue weighted by Crippen LogP contribution is 2.15. The zero-order valence-corrected chi connectivity index (χ0v) is 10.5. The summed E-state index contributed by atoms with van der Waals surface area (Å²) in [5.41, 5.74) is 12.7. The average molecular weight is 237 g/mol. The molecule has 2 rings (SSSR count). The second kappa shape index (κ2) is 5.30. The summed E-state index contributed by atoms with van der Waals surface area (Å²) >= 11 is 0. The molecule has 0 spiro atoms. The van der Waals surface area contributed by atoms with Gasteiger partial charge in [-0.1, -0.05) is 18.2 Å². The first-order valence-corrected chi connectivity index (χ1v) is 5.77. The molecule has 0 aliphatic heterocycles. The molecular weight excluding hydrogens is 222 g/mol. The van der Waals surface area contributed by atoms with E-state index >= 15 is 0 Å². The van der Waals surface area contributed by atoms with Crippen LogP contribution in [0.1, 0.15) is 11.1 Å². The van der Waals surface area contributed by atoms with Crippen LogP contribution in [0.25, 0.3) is 5.53 Å². The predicted molar refractivity (Wildman–Crippen MR) is 74.0 cm³/mol. The number of nitrogens with zero attached hydrogens (tertiary/aromatic N) is 3. The van der Waals surface area contributed by atoms with E-state index in [9.17, 15) is 5.53 Å². The van der Waals surface area contributed by atoms with Crippen molar-refractivity contribution in [3.05, 3.63) is 71.3 Å². The first kappa shape index (κ1) is 12.1. The maximum Gasteiger partial charge on any atom is 0.329 e. The summed E-state index contributed by atoms with van der Waals surface area (Å²) in [6.45, 7) is 0. The van der Waals surface area contributed by atoms with Crippen molar-refractivity contribution < 1.29 is 4.79 Å². The Balaban J connectivity index is 2.38. The Morgan fingerprint density at radius 1 is 0.889 bits per heavy atom. The van der Waals surface area contributed by atoms with Crippen LogP contribution in [0.15, 0.2) is 54.6 Å². The van der Waals surface area contributed by atoms with Gasteiger partial charge < -0.3 is 10.4 Å². The molecule has 0 atom stereocenters. The molecule has 0 fully saturated rings. The van der Waals surface area contributed by atoms with Gasteiger partial charge in [0.15, 0.2) is 0 Å². The smallest absolute Gasteiger partial charge is 0.329 e. The number of hydrogen-bond donors (Lipinski definition) is 0. The summed E-state index contributed by atoms with van der Waals surface area (Å²) in [4.78, 5) is 5.44. The normalized spacial score (nSPS) is 9.67. The molecule has 18 heavy (non-hydrogen) atoms. The van der Waals surface area contributed by atoms with Crippen LogP contribution >= 0.6 is 0 Å². The van der Waals surface area contributed by atoms with E-state index in [-0.39, 0.29) is 0 Å². The van der Waals surface area contributed by atoms with Crippen LogP contribution < -0.4 is 4.90 Å². The second-order valence-corrected chi connectivity index (χ2v) is 4.26. The van der Waals surface area contributed by atoms with Crippen LogP contribution in [-0.4, -0.2) is 24.6 Å². The van der Waals surface area contributed by atoms with E-state index in [1.807, 2.05) is 73.6 Å². The fourth-order valence-corrected chi connectivity index (χ4v) is 1.80. The van der Waals surface area contributed by atoms with Gasteiger partial charge in [0.1, 0.15) is 0 Å². The van der Waals surface area contributed by atoms with Crippen molar-refractivity contribution in [3.63, 3.8) is 0 Å². The van der Waals surface area contributed by atoms with Crippen molar-refractivity contribution in [2.24, 2.45) is 0 Å². The molecule has 0 N–H and O–H groups in total. The van der Waals surface area contributed by atoms with Gasteiger partial charge in [0.2, 0.25) is 0 Å². The molecule has 0 aliphatic rings. The Kier molecular flexibility index (Phi) is 3.56. The van der Waals surface area contributed by atoms with Gasteiger partial charge in [-0.15, -0.1) is 0 Å². The largest absolute Gasteiger partial charge is 0.378 e. The van der Waals surface area contributed by atoms with E-state index in [0.717, 1.165) is 16.8 Å². The third kappa shape index (κ3) is 2.47. The highest BCUT2D eigenvalue weighted by atomic mass is 15.1. The van der Waals surface area contributed by atoms with Crippen molar-refractivity contribution in [1.82, 2.24) is 0 Å². The number of rotatable bonds is 3. The van der Waals surface area contributed by atoms with Crippen molar-refractivity contribution in [1.29, 1.82) is 0 Å². The molecule has 2 aromatic carbocycles. The molecular formula is C15H15N3. The van der Waals surface area contributed by atoms with Crippen molar-refractivity contribution in [2.45, 2.75) is 0 Å². The summed E-state index contributed by atoms with van der Waals surface area (Å²) in [7, 11) is 3.99. The maximum absolute atomic E-state index is 9.19. The fourth-order valence-electron chi connectivity index (χ4n) is 1.80. The lowest BCUT2D eigenvalue weighted by Gasteiger charge is -2.11. The molecule has 3 nitrogen and oxygen atoms in total. The second-order valence-electron chi connectivity index (χ2n) is 4.26. The van der Waals surface area contributed by atoms with Crippen molar-refractivity contribution in [3.8, 4) is 0 Å². The Hall–Kier alpha value is -2.38. The van der Waals surface area contributed by atoms with E-state index in [1.165, 1.54) is 0 Å². The molecule has 0 unspecified atom stereocenters. The molecule has 2 aromatic rings. The Labute approximate surface area is 107 Å². The van der Waals surface area contributed by atoms with Crippen LogP contribution in [0.5, 0.6) is 0 Å². The molecule has 0 radical (unpaired) electrons. The van der Waals surface area contributed by atoms with Crippen LogP contribution in [0, 0.1) is 0 Å². The van der Waals surface area contributed by atoms with Gasteiger partial charge in [0.25, 0.3) is 0 Å². The quantitative estimate of drug-likeness (QED) is 0.459. The zero-order valence-electron chi connectivity index (χ0n) is 10.5. The van der Waals surface area contributed by atoms with Crippen LogP contribution in [0.3, 0.4) is 0 Å². The standard InChI is InChI=1S/C15H15N3/c1-18(2)14-10-8-13(9-11-14)15(17-16)12-6-4-3-5-7-12/h3-11H,1-2H3. The summed E-state index contributed by atoms with van der Waals surface area (Å²) in [6, 6.07) is 17.6. The van der Waals surface area contributed by atoms with Gasteiger partial charge in [0.05, 0.1) is 11.1 Å². The summed E-state index contributed by atoms with van der Waals surface area (Å²) in [6.07, 6.45) is 0. The Bertz CT molecular complexity index is 564. The molecule has 0 aromatic heterocycles. The van der Waals surface area contributed by atoms with E-state index < -0.39 is 0 Å². The molecule has 0 amide bonds. The minimum absolute atomic E-state index is 0.584. The minimum atomic E-state index is 0.584. The van der Waals surface area contributed by atoms with Gasteiger partial charge in [-0.25, -0.2) is 0 Å². The zero-order chi connectivity index (χ0) is 13.0. The molecule has 0 saturated carbocycles. The predicted octanol–water partition coefficient (Wildman–Crippen LogP) is 2.82. The van der Waals surface area contributed by atoms with Crippen LogP contribution in [0.4, 0.5) is 5.69 Å². The molecule has 0 saturated heterocycles. The van der Waals surface area contributed by atoms with Gasteiger partial charge in [-0.05, 0) is 36.4 Å². The average Bonchev–Trinajstić information content (AvgIpc) is 2.41. The molecule has 0 heterocycles. The van der Waals surface area contributed by atoms with E-state index in [2.05, 4.69) is 4.79 Å². The van der Waals surface area contributed by atoms with Crippen LogP contribution in [-0.2, 0) is 0 Å². The SMILES string of the molecule is CN(C)c1ccc(C(=[N+]=[N-])c2ccccc2)cc1. The summed E-state index contributed by atoms with van der Waals surface area (Å²) < 4.78 is 0. The molecule has 0 aliphatic carbocycles. The van der Waals surface area contributed by atoms with E-state index in [1.54, 1.807) is 0 Å². The third-order valence-electron chi connectivity index (χ3n) is 2.80. The minimum Gasteiger partial charge on any atom is -0.378 e. The van der Waals surface area contributed by atoms with Crippen LogP contribution in [0.2, 0.25) is 0 Å². The first-order chi connectivity index (χ1) is 8.72. The molecule has 90 valence electrons. The van der Waals surface area contributed by atoms with Gasteiger partial charge in [-0.3, -0.25) is 0 Å². The lowest BCUT2D eigenvalue weighted by Crippen LogP contribution is -2.09. The fraction of sp³-hybridized carbons (Fsp3) is 0.133. The van der Waals surface area contributed by atoms with Gasteiger partial charge in [0, 0.05) is 19.8 Å². The Morgan fingerprint density at radius 2 is 1.44 bits per heavy atom. The van der Waals surface area contributed by atoms with E-state index in [4.69, 9.17) is 0 Å². The molecule has 0 bridgehead atoms. The monoisotopic (exact) mass is 237 g/mol. The van der Waals surface area contributed by atoms with Crippen molar-refractivity contribution >= 4 is 11.4 Å². The topological polar surface area (TPSA) is 39.6 Å². The lowest BCUT2D eigenvalue weighted by atomic mass is 10.0. The number of hydrogen-bond acceptors (Lipinski definition) is 1. The number of anilines is 1. The highest BCUT2D eigenvalue weighted by Gasteiger charge is 2.14. The first-order valence-electron chi connectivity index (χ1n) is 5.77. The summed E-state index contributed by atoms with van der Waals surface area (Å²) in [5, 5.41) is 0. The lowest BCUT2D eigenvalue weighted by molar-refractivity contribution is -0.00279. The highest BCUT2D eigenvalue weighted by molar-refractivity contribution is 6.09. The summed E-state index contributed by atoms with van der Waals surface area (Å²) in [5.74, 6) is 0. The Morgan fingerprint density at radius 3 is 1.94 bits per heavy atom. The third-order valence-corrected chi connectivity index (χ3v) is 2.80. The molecule has 3 heteroatoms. The number of benzene rings is 2. The van der Waals surface area contributed by atoms with Gasteiger partial charge in [-0.2, -0.15) is 4.79 Å².